The number of sulfonamides is 1. The molecule has 118 valence electrons. The lowest BCUT2D eigenvalue weighted by molar-refractivity contribution is 0.301. The van der Waals surface area contributed by atoms with E-state index in [2.05, 4.69) is 27.6 Å². The minimum absolute atomic E-state index is 0.0131. The van der Waals surface area contributed by atoms with Gasteiger partial charge in [-0.3, -0.25) is 0 Å². The highest BCUT2D eigenvalue weighted by atomic mass is 79.9. The molecule has 1 aromatic carbocycles. The standard InChI is InChI=1S/C14H20BrClN2O2S/c1-2-9-4-3-5-11(6-9)18-21(19,20)13-8-10(16)7-12(17)14(13)15/h7-9,11,18H,2-6,17H2,1H3. The quantitative estimate of drug-likeness (QED) is 0.759. The number of halogens is 2. The fourth-order valence-corrected chi connectivity index (χ4v) is 5.41. The van der Waals surface area contributed by atoms with Gasteiger partial charge in [-0.15, -0.1) is 0 Å². The van der Waals surface area contributed by atoms with E-state index in [1.165, 1.54) is 18.6 Å². The first kappa shape index (κ1) is 17.1. The Bertz CT molecular complexity index is 622. The molecule has 0 saturated heterocycles. The van der Waals surface area contributed by atoms with E-state index in [9.17, 15) is 8.42 Å². The Morgan fingerprint density at radius 1 is 1.43 bits per heavy atom. The topological polar surface area (TPSA) is 72.2 Å². The van der Waals surface area contributed by atoms with Crippen LogP contribution in [-0.4, -0.2) is 14.5 Å². The molecule has 2 rings (SSSR count). The van der Waals surface area contributed by atoms with Crippen molar-refractivity contribution in [3.63, 3.8) is 0 Å². The summed E-state index contributed by atoms with van der Waals surface area (Å²) in [4.78, 5) is 0.103. The van der Waals surface area contributed by atoms with E-state index in [1.807, 2.05) is 0 Å². The van der Waals surface area contributed by atoms with Crippen LogP contribution in [0, 0.1) is 5.92 Å². The third-order valence-corrected chi connectivity index (χ3v) is 6.91. The normalized spacial score (nSPS) is 23.2. The van der Waals surface area contributed by atoms with Gasteiger partial charge in [0.2, 0.25) is 10.0 Å². The lowest BCUT2D eigenvalue weighted by Crippen LogP contribution is -2.38. The molecule has 0 spiro atoms. The van der Waals surface area contributed by atoms with Gasteiger partial charge in [0.25, 0.3) is 0 Å². The van der Waals surface area contributed by atoms with Gasteiger partial charge in [0.05, 0.1) is 9.37 Å². The molecule has 1 aliphatic rings. The van der Waals surface area contributed by atoms with Gasteiger partial charge in [0, 0.05) is 16.8 Å². The van der Waals surface area contributed by atoms with Crippen LogP contribution in [0.15, 0.2) is 21.5 Å². The summed E-state index contributed by atoms with van der Waals surface area (Å²) < 4.78 is 28.3. The van der Waals surface area contributed by atoms with Crippen LogP contribution in [0.2, 0.25) is 5.02 Å². The minimum atomic E-state index is -3.63. The van der Waals surface area contributed by atoms with E-state index in [4.69, 9.17) is 17.3 Å². The number of hydrogen-bond acceptors (Lipinski definition) is 3. The highest BCUT2D eigenvalue weighted by Crippen LogP contribution is 2.33. The highest BCUT2D eigenvalue weighted by molar-refractivity contribution is 9.10. The van der Waals surface area contributed by atoms with Crippen molar-refractivity contribution in [1.29, 1.82) is 0 Å². The third-order valence-electron chi connectivity index (χ3n) is 4.00. The van der Waals surface area contributed by atoms with E-state index in [1.54, 1.807) is 0 Å². The molecule has 0 aromatic heterocycles. The van der Waals surface area contributed by atoms with Crippen molar-refractivity contribution in [1.82, 2.24) is 4.72 Å². The summed E-state index contributed by atoms with van der Waals surface area (Å²) in [5.41, 5.74) is 6.09. The number of anilines is 1. The summed E-state index contributed by atoms with van der Waals surface area (Å²) in [7, 11) is -3.63. The summed E-state index contributed by atoms with van der Waals surface area (Å²) in [6, 6.07) is 2.93. The van der Waals surface area contributed by atoms with Crippen molar-refractivity contribution in [2.45, 2.75) is 50.0 Å². The van der Waals surface area contributed by atoms with Crippen LogP contribution in [0.25, 0.3) is 0 Å². The molecule has 0 amide bonds. The second kappa shape index (κ2) is 6.86. The van der Waals surface area contributed by atoms with Crippen molar-refractivity contribution in [3.8, 4) is 0 Å². The molecule has 3 N–H and O–H groups in total. The summed E-state index contributed by atoms with van der Waals surface area (Å²) in [6.07, 6.45) is 5.10. The average Bonchev–Trinajstić information content (AvgIpc) is 2.42. The second-order valence-electron chi connectivity index (χ2n) is 5.57. The van der Waals surface area contributed by atoms with Gasteiger partial charge in [-0.1, -0.05) is 37.8 Å². The van der Waals surface area contributed by atoms with Gasteiger partial charge in [0.15, 0.2) is 0 Å². The molecule has 1 fully saturated rings. The largest absolute Gasteiger partial charge is 0.398 e. The molecule has 4 nitrogen and oxygen atoms in total. The molecule has 0 aliphatic heterocycles. The SMILES string of the molecule is CCC1CCCC(NS(=O)(=O)c2cc(Cl)cc(N)c2Br)C1. The Morgan fingerprint density at radius 2 is 2.14 bits per heavy atom. The first-order chi connectivity index (χ1) is 9.83. The summed E-state index contributed by atoms with van der Waals surface area (Å²) >= 11 is 9.16. The van der Waals surface area contributed by atoms with Crippen LogP contribution in [0.1, 0.15) is 39.0 Å². The molecule has 2 atom stereocenters. The first-order valence-electron chi connectivity index (χ1n) is 7.10. The number of nitrogens with two attached hydrogens (primary N) is 1. The van der Waals surface area contributed by atoms with E-state index in [-0.39, 0.29) is 10.9 Å². The summed E-state index contributed by atoms with van der Waals surface area (Å²) in [5.74, 6) is 0.597. The Kier molecular flexibility index (Phi) is 5.57. The van der Waals surface area contributed by atoms with Crippen LogP contribution in [0.4, 0.5) is 5.69 Å². The minimum Gasteiger partial charge on any atom is -0.398 e. The molecule has 1 saturated carbocycles. The Balaban J connectivity index is 2.23. The van der Waals surface area contributed by atoms with E-state index in [0.717, 1.165) is 25.7 Å². The zero-order valence-corrected chi connectivity index (χ0v) is 15.1. The van der Waals surface area contributed by atoms with Crippen LogP contribution < -0.4 is 10.5 Å². The number of hydrogen-bond donors (Lipinski definition) is 2. The fourth-order valence-electron chi connectivity index (χ4n) is 2.83. The molecule has 7 heteroatoms. The van der Waals surface area contributed by atoms with E-state index >= 15 is 0 Å². The number of benzene rings is 1. The lowest BCUT2D eigenvalue weighted by Gasteiger charge is -2.29. The van der Waals surface area contributed by atoms with Crippen molar-refractivity contribution in [3.05, 3.63) is 21.6 Å². The molecule has 1 aromatic rings. The predicted molar refractivity (Wildman–Crippen MR) is 89.9 cm³/mol. The maximum atomic E-state index is 12.6. The van der Waals surface area contributed by atoms with E-state index in [0.29, 0.717) is 21.1 Å². The van der Waals surface area contributed by atoms with Crippen molar-refractivity contribution in [2.75, 3.05) is 5.73 Å². The third kappa shape index (κ3) is 4.12. The average molecular weight is 396 g/mol. The van der Waals surface area contributed by atoms with Gasteiger partial charge in [-0.25, -0.2) is 13.1 Å². The fraction of sp³-hybridized carbons (Fsp3) is 0.571. The van der Waals surface area contributed by atoms with E-state index < -0.39 is 10.0 Å². The predicted octanol–water partition coefficient (Wildman–Crippen LogP) is 3.93. The monoisotopic (exact) mass is 394 g/mol. The molecular formula is C14H20BrClN2O2S. The van der Waals surface area contributed by atoms with Crippen molar-refractivity contribution >= 4 is 43.2 Å². The zero-order valence-electron chi connectivity index (χ0n) is 11.9. The van der Waals surface area contributed by atoms with Crippen LogP contribution in [0.5, 0.6) is 0 Å². The molecule has 2 unspecified atom stereocenters. The lowest BCUT2D eigenvalue weighted by atomic mass is 9.85. The van der Waals surface area contributed by atoms with Crippen LogP contribution in [-0.2, 0) is 10.0 Å². The van der Waals surface area contributed by atoms with Crippen molar-refractivity contribution < 1.29 is 8.42 Å². The number of nitrogen functional groups attached to an aromatic ring is 1. The van der Waals surface area contributed by atoms with Crippen molar-refractivity contribution in [2.24, 2.45) is 5.92 Å². The first-order valence-corrected chi connectivity index (χ1v) is 9.75. The highest BCUT2D eigenvalue weighted by Gasteiger charge is 2.27. The van der Waals surface area contributed by atoms with Gasteiger partial charge < -0.3 is 5.73 Å². The van der Waals surface area contributed by atoms with Gasteiger partial charge >= 0.3 is 0 Å². The van der Waals surface area contributed by atoms with Crippen LogP contribution >= 0.6 is 27.5 Å². The second-order valence-corrected chi connectivity index (χ2v) is 8.48. The van der Waals surface area contributed by atoms with Gasteiger partial charge in [-0.2, -0.15) is 0 Å². The Morgan fingerprint density at radius 3 is 2.81 bits per heavy atom. The maximum absolute atomic E-state index is 12.6. The molecule has 0 radical (unpaired) electrons. The molecular weight excluding hydrogens is 376 g/mol. The Hall–Kier alpha value is -0.300. The summed E-state index contributed by atoms with van der Waals surface area (Å²) in [5, 5.41) is 0.311. The number of rotatable bonds is 4. The molecule has 0 heterocycles. The van der Waals surface area contributed by atoms with Gasteiger partial charge in [0.1, 0.15) is 0 Å². The summed E-state index contributed by atoms with van der Waals surface area (Å²) in [6.45, 7) is 2.15. The van der Waals surface area contributed by atoms with Crippen LogP contribution in [0.3, 0.4) is 0 Å². The zero-order chi connectivity index (χ0) is 15.6. The Labute approximate surface area is 139 Å². The molecule has 21 heavy (non-hydrogen) atoms. The smallest absolute Gasteiger partial charge is 0.242 e. The number of nitrogens with one attached hydrogen (secondary N) is 1. The molecule has 1 aliphatic carbocycles. The maximum Gasteiger partial charge on any atom is 0.242 e. The van der Waals surface area contributed by atoms with Gasteiger partial charge in [-0.05, 0) is 46.8 Å². The molecule has 0 bridgehead atoms.